The van der Waals surface area contributed by atoms with Gasteiger partial charge >= 0.3 is 5.97 Å². The zero-order valence-corrected chi connectivity index (χ0v) is 10.1. The lowest BCUT2D eigenvalue weighted by molar-refractivity contribution is 0.0660. The monoisotopic (exact) mass is 248 g/mol. The minimum absolute atomic E-state index is 0.0134. The van der Waals surface area contributed by atoms with Crippen molar-refractivity contribution >= 4 is 17.7 Å². The first-order valence-corrected chi connectivity index (χ1v) is 6.09. The lowest BCUT2D eigenvalue weighted by Gasteiger charge is -2.07. The first-order valence-electron chi connectivity index (χ1n) is 5.21. The van der Waals surface area contributed by atoms with Crippen molar-refractivity contribution in [1.29, 1.82) is 0 Å². The van der Waals surface area contributed by atoms with E-state index in [2.05, 4.69) is 0 Å². The summed E-state index contributed by atoms with van der Waals surface area (Å²) in [6.45, 7) is 1.99. The van der Waals surface area contributed by atoms with E-state index in [4.69, 9.17) is 9.52 Å². The molecule has 0 fully saturated rings. The Balaban J connectivity index is 2.09. The van der Waals surface area contributed by atoms with E-state index in [1.807, 2.05) is 37.3 Å². The fourth-order valence-corrected chi connectivity index (χ4v) is 2.41. The molecule has 2 rings (SSSR count). The number of hydrogen-bond acceptors (Lipinski definition) is 3. The van der Waals surface area contributed by atoms with Crippen LogP contribution in [0.25, 0.3) is 0 Å². The highest BCUT2D eigenvalue weighted by molar-refractivity contribution is 7.99. The van der Waals surface area contributed by atoms with E-state index in [-0.39, 0.29) is 11.0 Å². The van der Waals surface area contributed by atoms with E-state index < -0.39 is 5.97 Å². The Morgan fingerprint density at radius 3 is 2.53 bits per heavy atom. The zero-order chi connectivity index (χ0) is 12.3. The number of thioether (sulfide) groups is 1. The summed E-state index contributed by atoms with van der Waals surface area (Å²) in [5.41, 5.74) is 0. The highest BCUT2D eigenvalue weighted by Gasteiger charge is 2.14. The van der Waals surface area contributed by atoms with Gasteiger partial charge in [-0.15, -0.1) is 11.8 Å². The predicted octanol–water partition coefficient (Wildman–Crippen LogP) is 3.83. The second-order valence-corrected chi connectivity index (χ2v) is 4.99. The Morgan fingerprint density at radius 1 is 1.24 bits per heavy atom. The molecule has 0 saturated heterocycles. The summed E-state index contributed by atoms with van der Waals surface area (Å²) in [4.78, 5) is 11.8. The van der Waals surface area contributed by atoms with Crippen LogP contribution in [0.1, 0.15) is 28.5 Å². The molecule has 0 spiro atoms. The van der Waals surface area contributed by atoms with Gasteiger partial charge in [-0.3, -0.25) is 0 Å². The van der Waals surface area contributed by atoms with Crippen molar-refractivity contribution in [2.45, 2.75) is 17.1 Å². The lowest BCUT2D eigenvalue weighted by atomic mass is 10.3. The van der Waals surface area contributed by atoms with Gasteiger partial charge in [0.1, 0.15) is 5.76 Å². The van der Waals surface area contributed by atoms with E-state index in [1.165, 1.54) is 6.07 Å². The van der Waals surface area contributed by atoms with E-state index in [1.54, 1.807) is 17.8 Å². The van der Waals surface area contributed by atoms with E-state index in [0.717, 1.165) is 4.90 Å². The van der Waals surface area contributed by atoms with Crippen LogP contribution in [0.2, 0.25) is 0 Å². The highest BCUT2D eigenvalue weighted by atomic mass is 32.2. The first-order chi connectivity index (χ1) is 8.16. The largest absolute Gasteiger partial charge is 0.475 e. The average Bonchev–Trinajstić information content (AvgIpc) is 2.79. The standard InChI is InChI=1S/C13H12O3S/c1-9(17-10-5-3-2-4-6-10)11-7-8-12(16-11)13(14)15/h2-9H,1H3,(H,14,15). The molecule has 0 bridgehead atoms. The Morgan fingerprint density at radius 2 is 1.94 bits per heavy atom. The van der Waals surface area contributed by atoms with Crippen LogP contribution in [0.15, 0.2) is 51.8 Å². The average molecular weight is 248 g/mol. The van der Waals surface area contributed by atoms with Crippen LogP contribution in [0, 0.1) is 0 Å². The third-order valence-electron chi connectivity index (χ3n) is 2.29. The second-order valence-electron chi connectivity index (χ2n) is 3.58. The molecule has 0 radical (unpaired) electrons. The summed E-state index contributed by atoms with van der Waals surface area (Å²) in [6, 6.07) is 13.1. The molecule has 0 saturated carbocycles. The second kappa shape index (κ2) is 5.10. The molecule has 88 valence electrons. The van der Waals surface area contributed by atoms with Gasteiger partial charge in [-0.25, -0.2) is 4.79 Å². The topological polar surface area (TPSA) is 50.4 Å². The van der Waals surface area contributed by atoms with Gasteiger partial charge in [-0.1, -0.05) is 18.2 Å². The minimum Gasteiger partial charge on any atom is -0.475 e. The van der Waals surface area contributed by atoms with Crippen LogP contribution >= 0.6 is 11.8 Å². The first kappa shape index (κ1) is 11.8. The third kappa shape index (κ3) is 2.91. The van der Waals surface area contributed by atoms with Gasteiger partial charge < -0.3 is 9.52 Å². The summed E-state index contributed by atoms with van der Waals surface area (Å²) in [6.07, 6.45) is 0. The highest BCUT2D eigenvalue weighted by Crippen LogP contribution is 2.35. The van der Waals surface area contributed by atoms with Crippen molar-refractivity contribution in [3.8, 4) is 0 Å². The zero-order valence-electron chi connectivity index (χ0n) is 9.29. The molecule has 4 heteroatoms. The molecule has 1 N–H and O–H groups in total. The maximum absolute atomic E-state index is 10.7. The van der Waals surface area contributed by atoms with Crippen molar-refractivity contribution in [1.82, 2.24) is 0 Å². The molecule has 1 atom stereocenters. The van der Waals surface area contributed by atoms with Crippen molar-refractivity contribution in [3.63, 3.8) is 0 Å². The van der Waals surface area contributed by atoms with Crippen molar-refractivity contribution in [2.24, 2.45) is 0 Å². The Bertz CT molecular complexity index is 504. The molecule has 1 unspecified atom stereocenters. The van der Waals surface area contributed by atoms with Gasteiger partial charge in [0.15, 0.2) is 0 Å². The Labute approximate surface area is 103 Å². The number of rotatable bonds is 4. The molecule has 3 nitrogen and oxygen atoms in total. The van der Waals surface area contributed by atoms with Crippen LogP contribution < -0.4 is 0 Å². The maximum atomic E-state index is 10.7. The van der Waals surface area contributed by atoms with Crippen LogP contribution in [-0.2, 0) is 0 Å². The van der Waals surface area contributed by atoms with Crippen LogP contribution in [0.5, 0.6) is 0 Å². The molecule has 0 aliphatic carbocycles. The summed E-state index contributed by atoms with van der Waals surface area (Å²) in [5.74, 6) is -0.370. The number of carboxylic acid groups (broad SMARTS) is 1. The van der Waals surface area contributed by atoms with Gasteiger partial charge in [-0.2, -0.15) is 0 Å². The molecule has 0 aliphatic rings. The van der Waals surface area contributed by atoms with E-state index in [0.29, 0.717) is 5.76 Å². The molecule has 2 aromatic rings. The molecule has 1 aromatic carbocycles. The molecule has 17 heavy (non-hydrogen) atoms. The number of hydrogen-bond donors (Lipinski definition) is 1. The number of carbonyl (C=O) groups is 1. The fourth-order valence-electron chi connectivity index (χ4n) is 1.45. The number of aromatic carboxylic acids is 1. The molecule has 1 aromatic heterocycles. The Kier molecular flexibility index (Phi) is 3.54. The van der Waals surface area contributed by atoms with E-state index >= 15 is 0 Å². The molecule has 1 heterocycles. The van der Waals surface area contributed by atoms with E-state index in [9.17, 15) is 4.79 Å². The summed E-state index contributed by atoms with van der Waals surface area (Å²) in [5, 5.41) is 8.86. The molecular formula is C13H12O3S. The third-order valence-corrected chi connectivity index (χ3v) is 3.42. The molecule has 0 amide bonds. The molecule has 0 aliphatic heterocycles. The maximum Gasteiger partial charge on any atom is 0.371 e. The van der Waals surface area contributed by atoms with Crippen LogP contribution in [0.3, 0.4) is 0 Å². The minimum atomic E-state index is -1.03. The van der Waals surface area contributed by atoms with Gasteiger partial charge in [0.05, 0.1) is 5.25 Å². The predicted molar refractivity (Wildman–Crippen MR) is 66.4 cm³/mol. The summed E-state index contributed by atoms with van der Waals surface area (Å²) in [7, 11) is 0. The van der Waals surface area contributed by atoms with Crippen molar-refractivity contribution in [3.05, 3.63) is 54.0 Å². The lowest BCUT2D eigenvalue weighted by Crippen LogP contribution is -1.92. The normalized spacial score (nSPS) is 12.3. The number of benzene rings is 1. The molecular weight excluding hydrogens is 236 g/mol. The van der Waals surface area contributed by atoms with Gasteiger partial charge in [-0.05, 0) is 31.2 Å². The van der Waals surface area contributed by atoms with Gasteiger partial charge in [0, 0.05) is 4.90 Å². The summed E-state index contributed by atoms with van der Waals surface area (Å²) >= 11 is 1.64. The van der Waals surface area contributed by atoms with Gasteiger partial charge in [0.25, 0.3) is 0 Å². The van der Waals surface area contributed by atoms with Gasteiger partial charge in [0.2, 0.25) is 5.76 Å². The fraction of sp³-hybridized carbons (Fsp3) is 0.154. The van der Waals surface area contributed by atoms with Crippen LogP contribution in [-0.4, -0.2) is 11.1 Å². The Hall–Kier alpha value is -1.68. The number of carboxylic acids is 1. The smallest absolute Gasteiger partial charge is 0.371 e. The van der Waals surface area contributed by atoms with Crippen molar-refractivity contribution < 1.29 is 14.3 Å². The number of furan rings is 1. The summed E-state index contributed by atoms with van der Waals surface area (Å²) < 4.78 is 5.26. The SMILES string of the molecule is CC(Sc1ccccc1)c1ccc(C(=O)O)o1. The van der Waals surface area contributed by atoms with Crippen molar-refractivity contribution in [2.75, 3.05) is 0 Å². The quantitative estimate of drug-likeness (QED) is 0.835. The van der Waals surface area contributed by atoms with Crippen LogP contribution in [0.4, 0.5) is 0 Å².